The molecular formula is C20H26ClN5O2. The van der Waals surface area contributed by atoms with E-state index in [-0.39, 0.29) is 12.4 Å². The van der Waals surface area contributed by atoms with Crippen LogP contribution in [0.3, 0.4) is 0 Å². The van der Waals surface area contributed by atoms with E-state index in [9.17, 15) is 0 Å². The normalized spacial score (nSPS) is 18.0. The fourth-order valence-electron chi connectivity index (χ4n) is 4.27. The first-order chi connectivity index (χ1) is 13.3. The lowest BCUT2D eigenvalue weighted by Crippen LogP contribution is -2.34. The van der Waals surface area contributed by atoms with E-state index in [2.05, 4.69) is 31.0 Å². The number of methoxy groups -OCH3 is 1. The number of piperidine rings is 1. The summed E-state index contributed by atoms with van der Waals surface area (Å²) in [5.41, 5.74) is 0.921. The Hall–Kier alpha value is -2.09. The van der Waals surface area contributed by atoms with Crippen LogP contribution in [0.25, 0.3) is 11.0 Å². The lowest BCUT2D eigenvalue weighted by molar-refractivity contribution is 0.188. The van der Waals surface area contributed by atoms with Crippen molar-refractivity contribution in [3.8, 4) is 5.75 Å². The summed E-state index contributed by atoms with van der Waals surface area (Å²) >= 11 is 0. The van der Waals surface area contributed by atoms with Gasteiger partial charge in [0.2, 0.25) is 0 Å². The van der Waals surface area contributed by atoms with E-state index < -0.39 is 0 Å². The first-order valence-corrected chi connectivity index (χ1v) is 9.71. The van der Waals surface area contributed by atoms with Gasteiger partial charge in [0.15, 0.2) is 0 Å². The Labute approximate surface area is 170 Å². The van der Waals surface area contributed by atoms with Gasteiger partial charge in [-0.2, -0.15) is 0 Å². The van der Waals surface area contributed by atoms with Gasteiger partial charge in [0.25, 0.3) is 0 Å². The average Bonchev–Trinajstić information content (AvgIpc) is 3.31. The molecule has 0 saturated carbocycles. The molecule has 1 aromatic carbocycles. The minimum absolute atomic E-state index is 0. The Kier molecular flexibility index (Phi) is 5.57. The van der Waals surface area contributed by atoms with Gasteiger partial charge in [0.1, 0.15) is 28.7 Å². The summed E-state index contributed by atoms with van der Waals surface area (Å²) < 4.78 is 13.6. The molecular weight excluding hydrogens is 378 g/mol. The fraction of sp³-hybridized carbons (Fsp3) is 0.500. The zero-order valence-corrected chi connectivity index (χ0v) is 16.9. The van der Waals surface area contributed by atoms with Crippen LogP contribution in [0, 0.1) is 0 Å². The molecule has 0 spiro atoms. The summed E-state index contributed by atoms with van der Waals surface area (Å²) in [7, 11) is 1.69. The van der Waals surface area contributed by atoms with Gasteiger partial charge in [-0.25, -0.2) is 0 Å². The third-order valence-corrected chi connectivity index (χ3v) is 5.76. The molecule has 3 aromatic rings. The number of halogens is 1. The van der Waals surface area contributed by atoms with E-state index in [0.29, 0.717) is 5.92 Å². The molecule has 4 heterocycles. The van der Waals surface area contributed by atoms with Crippen LogP contribution in [0.2, 0.25) is 0 Å². The Morgan fingerprint density at radius 2 is 2.04 bits per heavy atom. The summed E-state index contributed by atoms with van der Waals surface area (Å²) in [6.07, 6.45) is 2.25. The highest BCUT2D eigenvalue weighted by Gasteiger charge is 2.27. The van der Waals surface area contributed by atoms with E-state index in [0.717, 1.165) is 80.4 Å². The molecule has 0 bridgehead atoms. The van der Waals surface area contributed by atoms with Crippen molar-refractivity contribution in [3.63, 3.8) is 0 Å². The van der Waals surface area contributed by atoms with Crippen LogP contribution in [-0.2, 0) is 19.6 Å². The number of ether oxygens (including phenoxy) is 1. The average molecular weight is 404 g/mol. The monoisotopic (exact) mass is 403 g/mol. The van der Waals surface area contributed by atoms with Crippen LogP contribution >= 0.6 is 12.4 Å². The highest BCUT2D eigenvalue weighted by atomic mass is 35.5. The van der Waals surface area contributed by atoms with Gasteiger partial charge in [-0.15, -0.1) is 22.6 Å². The van der Waals surface area contributed by atoms with Crippen molar-refractivity contribution in [2.45, 2.75) is 38.4 Å². The summed E-state index contributed by atoms with van der Waals surface area (Å²) in [6, 6.07) is 8.08. The van der Waals surface area contributed by atoms with Gasteiger partial charge in [-0.3, -0.25) is 4.90 Å². The molecule has 1 fully saturated rings. The van der Waals surface area contributed by atoms with Crippen molar-refractivity contribution in [2.24, 2.45) is 0 Å². The minimum Gasteiger partial charge on any atom is -0.497 e. The maximum Gasteiger partial charge on any atom is 0.147 e. The lowest BCUT2D eigenvalue weighted by Gasteiger charge is -2.31. The molecule has 0 radical (unpaired) electrons. The number of fused-ring (bicyclic) bond motifs is 2. The molecule has 8 heteroatoms. The van der Waals surface area contributed by atoms with Crippen LogP contribution in [0.5, 0.6) is 5.75 Å². The van der Waals surface area contributed by atoms with Gasteiger partial charge < -0.3 is 19.0 Å². The summed E-state index contributed by atoms with van der Waals surface area (Å²) in [5.74, 6) is 4.66. The van der Waals surface area contributed by atoms with Gasteiger partial charge in [0, 0.05) is 24.4 Å². The quantitative estimate of drug-likeness (QED) is 0.722. The van der Waals surface area contributed by atoms with E-state index in [1.165, 1.54) is 5.82 Å². The maximum atomic E-state index is 6.01. The van der Waals surface area contributed by atoms with Crippen molar-refractivity contribution in [1.82, 2.24) is 25.0 Å². The number of hydrogen-bond acceptors (Lipinski definition) is 6. The standard InChI is InChI=1S/C20H25N5O2.ClH/c1-26-16-2-3-18-15(10-16)11-17(27-18)13-24-7-4-14(5-8-24)20-23-22-19-12-21-6-9-25(19)20;/h2-3,10-11,14,21H,4-9,12-13H2,1H3;1H. The third-order valence-electron chi connectivity index (χ3n) is 5.76. The first kappa shape index (κ1) is 19.2. The zero-order chi connectivity index (χ0) is 18.2. The largest absolute Gasteiger partial charge is 0.497 e. The maximum absolute atomic E-state index is 6.01. The SMILES string of the molecule is COc1ccc2oc(CN3CCC(c4nnc5n4CCNC5)CC3)cc2c1.Cl. The van der Waals surface area contributed by atoms with Crippen LogP contribution in [0.4, 0.5) is 0 Å². The molecule has 0 unspecified atom stereocenters. The predicted octanol–water partition coefficient (Wildman–Crippen LogP) is 2.94. The number of nitrogens with one attached hydrogen (secondary N) is 1. The van der Waals surface area contributed by atoms with Crippen molar-refractivity contribution < 1.29 is 9.15 Å². The number of rotatable bonds is 4. The number of hydrogen-bond donors (Lipinski definition) is 1. The highest BCUT2D eigenvalue weighted by molar-refractivity contribution is 5.85. The summed E-state index contributed by atoms with van der Waals surface area (Å²) in [6.45, 7) is 5.80. The van der Waals surface area contributed by atoms with Gasteiger partial charge in [-0.1, -0.05) is 0 Å². The molecule has 5 rings (SSSR count). The van der Waals surface area contributed by atoms with Crippen LogP contribution in [0.15, 0.2) is 28.7 Å². The molecule has 0 atom stereocenters. The Morgan fingerprint density at radius 1 is 1.18 bits per heavy atom. The van der Waals surface area contributed by atoms with Crippen molar-refractivity contribution in [3.05, 3.63) is 41.7 Å². The third kappa shape index (κ3) is 3.62. The van der Waals surface area contributed by atoms with Crippen molar-refractivity contribution in [1.29, 1.82) is 0 Å². The second-order valence-electron chi connectivity index (χ2n) is 7.47. The zero-order valence-electron chi connectivity index (χ0n) is 16.1. The predicted molar refractivity (Wildman–Crippen MR) is 109 cm³/mol. The minimum atomic E-state index is 0. The lowest BCUT2D eigenvalue weighted by atomic mass is 9.95. The molecule has 2 aliphatic rings. The van der Waals surface area contributed by atoms with Crippen molar-refractivity contribution in [2.75, 3.05) is 26.7 Å². The number of likely N-dealkylation sites (tertiary alicyclic amines) is 1. The highest BCUT2D eigenvalue weighted by Crippen LogP contribution is 2.30. The topological polar surface area (TPSA) is 68.3 Å². The van der Waals surface area contributed by atoms with E-state index in [1.807, 2.05) is 18.2 Å². The van der Waals surface area contributed by atoms with E-state index >= 15 is 0 Å². The van der Waals surface area contributed by atoms with Gasteiger partial charge in [0.05, 0.1) is 20.2 Å². The number of nitrogens with zero attached hydrogens (tertiary/aromatic N) is 4. The van der Waals surface area contributed by atoms with E-state index in [1.54, 1.807) is 7.11 Å². The van der Waals surface area contributed by atoms with Crippen molar-refractivity contribution >= 4 is 23.4 Å². The molecule has 0 aliphatic carbocycles. The van der Waals surface area contributed by atoms with E-state index in [4.69, 9.17) is 9.15 Å². The molecule has 150 valence electrons. The van der Waals surface area contributed by atoms with Crippen LogP contribution in [0.1, 0.15) is 36.2 Å². The first-order valence-electron chi connectivity index (χ1n) is 9.71. The smallest absolute Gasteiger partial charge is 0.147 e. The molecule has 0 amide bonds. The van der Waals surface area contributed by atoms with Gasteiger partial charge >= 0.3 is 0 Å². The molecule has 28 heavy (non-hydrogen) atoms. The molecule has 1 saturated heterocycles. The fourth-order valence-corrected chi connectivity index (χ4v) is 4.27. The van der Waals surface area contributed by atoms with Crippen LogP contribution < -0.4 is 10.1 Å². The molecule has 1 N–H and O–H groups in total. The molecule has 2 aliphatic heterocycles. The number of benzene rings is 1. The Bertz CT molecular complexity index is 945. The van der Waals surface area contributed by atoms with Crippen LogP contribution in [-0.4, -0.2) is 46.4 Å². The summed E-state index contributed by atoms with van der Waals surface area (Å²) in [4.78, 5) is 2.47. The number of aromatic nitrogens is 3. The number of furan rings is 1. The molecule has 7 nitrogen and oxygen atoms in total. The van der Waals surface area contributed by atoms with Gasteiger partial charge in [-0.05, 0) is 50.2 Å². The summed E-state index contributed by atoms with van der Waals surface area (Å²) in [5, 5.41) is 13.3. The second-order valence-corrected chi connectivity index (χ2v) is 7.47. The Morgan fingerprint density at radius 3 is 2.86 bits per heavy atom. The molecule has 2 aromatic heterocycles. The second kappa shape index (κ2) is 8.11. The Balaban J connectivity index is 0.00000192.